The van der Waals surface area contributed by atoms with E-state index in [1.165, 1.54) is 112 Å². The highest BCUT2D eigenvalue weighted by atomic mass is 32.1. The number of hydrogen-bond donors (Lipinski definition) is 0. The van der Waals surface area contributed by atoms with E-state index in [2.05, 4.69) is 199 Å². The molecular weight excluding hydrogens is 719 g/mol. The van der Waals surface area contributed by atoms with Crippen LogP contribution in [-0.4, -0.2) is 6.71 Å². The Kier molecular flexibility index (Phi) is 8.53. The zero-order valence-electron chi connectivity index (χ0n) is 37.9. The summed E-state index contributed by atoms with van der Waals surface area (Å²) in [6.07, 6.45) is 2.41. The number of thiophene rings is 1. The van der Waals surface area contributed by atoms with E-state index in [1.54, 1.807) is 0 Å². The lowest BCUT2D eigenvalue weighted by Gasteiger charge is -2.44. The Morgan fingerprint density at radius 3 is 1.62 bits per heavy atom. The summed E-state index contributed by atoms with van der Waals surface area (Å²) in [4.78, 5) is 5.25. The molecule has 4 heteroatoms. The van der Waals surface area contributed by atoms with Crippen molar-refractivity contribution in [2.24, 2.45) is 0 Å². The van der Waals surface area contributed by atoms with E-state index >= 15 is 0 Å². The molecule has 0 saturated heterocycles. The molecule has 58 heavy (non-hydrogen) atoms. The molecule has 0 radical (unpaired) electrons. The van der Waals surface area contributed by atoms with E-state index in [9.17, 15) is 0 Å². The molecule has 0 N–H and O–H groups in total. The Hall–Kier alpha value is -4.28. The molecule has 0 unspecified atom stereocenters. The quantitative estimate of drug-likeness (QED) is 0.161. The smallest absolute Gasteiger partial charge is 0.254 e. The number of fused-ring (bicyclic) bond motifs is 7. The molecule has 0 spiro atoms. The molecule has 1 aliphatic carbocycles. The highest BCUT2D eigenvalue weighted by Crippen LogP contribution is 2.52. The molecule has 298 valence electrons. The Balaban J connectivity index is 1.41. The predicted octanol–water partition coefficient (Wildman–Crippen LogP) is 13.8. The number of nitrogens with zero attached hydrogens (tertiary/aromatic N) is 2. The average molecular weight is 783 g/mol. The van der Waals surface area contributed by atoms with Crippen LogP contribution >= 0.6 is 11.3 Å². The molecule has 5 aromatic carbocycles. The third-order valence-electron chi connectivity index (χ3n) is 14.0. The summed E-state index contributed by atoms with van der Waals surface area (Å²) in [5.74, 6) is 0. The SMILES string of the molecule is Cc1cc2c3c(c1)N(c1ccc(C(C)(C)C)cc1)c1sc4cc5c(cc4c1B3c1cc(C(C)(C)C)ccc1N2c1ccc(C(C)(C)C)cc1C)C(C)(C)CCC5(C)C. The van der Waals surface area contributed by atoms with Gasteiger partial charge in [-0.05, 0) is 163 Å². The number of benzene rings is 5. The molecule has 0 atom stereocenters. The van der Waals surface area contributed by atoms with Gasteiger partial charge in [0, 0.05) is 33.1 Å². The summed E-state index contributed by atoms with van der Waals surface area (Å²) >= 11 is 2.00. The van der Waals surface area contributed by atoms with Crippen LogP contribution < -0.4 is 26.2 Å². The van der Waals surface area contributed by atoms with Crippen molar-refractivity contribution in [2.45, 2.75) is 144 Å². The van der Waals surface area contributed by atoms with Gasteiger partial charge in [0.2, 0.25) is 0 Å². The highest BCUT2D eigenvalue weighted by Gasteiger charge is 2.47. The van der Waals surface area contributed by atoms with Crippen LogP contribution in [0, 0.1) is 13.8 Å². The monoisotopic (exact) mass is 782 g/mol. The van der Waals surface area contributed by atoms with E-state index in [0.717, 1.165) is 0 Å². The lowest BCUT2D eigenvalue weighted by molar-refractivity contribution is 0.332. The van der Waals surface area contributed by atoms with E-state index in [-0.39, 0.29) is 33.8 Å². The van der Waals surface area contributed by atoms with Crippen molar-refractivity contribution in [2.75, 3.05) is 9.80 Å². The largest absolute Gasteiger partial charge is 0.311 e. The van der Waals surface area contributed by atoms with Gasteiger partial charge in [0.15, 0.2) is 0 Å². The summed E-state index contributed by atoms with van der Waals surface area (Å²) in [7, 11) is 0. The molecule has 3 heterocycles. The first kappa shape index (κ1) is 39.2. The van der Waals surface area contributed by atoms with Gasteiger partial charge >= 0.3 is 0 Å². The van der Waals surface area contributed by atoms with Crippen LogP contribution in [0.5, 0.6) is 0 Å². The minimum atomic E-state index is 0.00421. The highest BCUT2D eigenvalue weighted by molar-refractivity contribution is 7.26. The van der Waals surface area contributed by atoms with Crippen molar-refractivity contribution < 1.29 is 0 Å². The Morgan fingerprint density at radius 2 is 1.05 bits per heavy atom. The summed E-state index contributed by atoms with van der Waals surface area (Å²) in [5.41, 5.74) is 20.8. The Bertz CT molecular complexity index is 2650. The van der Waals surface area contributed by atoms with Crippen molar-refractivity contribution in [3.8, 4) is 0 Å². The second kappa shape index (κ2) is 12.6. The molecule has 0 fully saturated rings. The molecular formula is C54H63BN2S. The molecule has 0 amide bonds. The first-order valence-corrected chi connectivity index (χ1v) is 22.5. The standard InChI is InChI=1S/C54H63BN2S/c1-32-26-44-48-45(27-32)57(42-22-18-35(28-33(42)2)51(6,7)8)43-23-19-36(52(9,10)11)29-41(43)55(48)47-38-30-39-40(54(14,15)25-24-53(39,12)13)31-46(38)58-49(47)56(44)37-20-16-34(17-21-37)50(3,4)5/h16-23,26-31H,24-25H2,1-15H3. The minimum Gasteiger partial charge on any atom is -0.311 e. The second-order valence-corrected chi connectivity index (χ2v) is 23.4. The Labute approximate surface area is 353 Å². The van der Waals surface area contributed by atoms with Crippen LogP contribution in [0.2, 0.25) is 0 Å². The third kappa shape index (κ3) is 6.02. The van der Waals surface area contributed by atoms with Crippen LogP contribution in [-0.2, 0) is 27.1 Å². The van der Waals surface area contributed by atoms with Crippen molar-refractivity contribution in [1.82, 2.24) is 0 Å². The van der Waals surface area contributed by atoms with E-state index in [0.29, 0.717) is 0 Å². The maximum Gasteiger partial charge on any atom is 0.254 e. The fourth-order valence-corrected chi connectivity index (χ4v) is 11.5. The van der Waals surface area contributed by atoms with Crippen LogP contribution in [0.1, 0.15) is 142 Å². The van der Waals surface area contributed by atoms with Gasteiger partial charge < -0.3 is 9.80 Å². The normalized spacial score (nSPS) is 16.9. The number of aryl methyl sites for hydroxylation is 2. The minimum absolute atomic E-state index is 0.00421. The van der Waals surface area contributed by atoms with Crippen LogP contribution in [0.3, 0.4) is 0 Å². The molecule has 6 aromatic rings. The Morgan fingerprint density at radius 1 is 0.534 bits per heavy atom. The van der Waals surface area contributed by atoms with Gasteiger partial charge in [0.25, 0.3) is 6.71 Å². The summed E-state index contributed by atoms with van der Waals surface area (Å²) in [6, 6.07) is 34.3. The van der Waals surface area contributed by atoms with Crippen molar-refractivity contribution in [1.29, 1.82) is 0 Å². The zero-order valence-corrected chi connectivity index (χ0v) is 38.7. The van der Waals surface area contributed by atoms with Gasteiger partial charge in [-0.15, -0.1) is 11.3 Å². The third-order valence-corrected chi connectivity index (χ3v) is 15.1. The van der Waals surface area contributed by atoms with Gasteiger partial charge in [0.1, 0.15) is 0 Å². The van der Waals surface area contributed by atoms with Crippen LogP contribution in [0.4, 0.5) is 33.4 Å². The van der Waals surface area contributed by atoms with E-state index in [1.807, 2.05) is 11.3 Å². The fraction of sp³-hybridized carbons (Fsp3) is 0.407. The summed E-state index contributed by atoms with van der Waals surface area (Å²) in [6.45, 7) is 35.5. The summed E-state index contributed by atoms with van der Waals surface area (Å²) < 4.78 is 1.40. The number of rotatable bonds is 2. The molecule has 9 rings (SSSR count). The number of hydrogen-bond acceptors (Lipinski definition) is 3. The average Bonchev–Trinajstić information content (AvgIpc) is 3.50. The molecule has 2 aliphatic heterocycles. The van der Waals surface area contributed by atoms with Gasteiger partial charge in [-0.2, -0.15) is 0 Å². The van der Waals surface area contributed by atoms with Gasteiger partial charge in [-0.3, -0.25) is 0 Å². The first-order chi connectivity index (χ1) is 27.0. The van der Waals surface area contributed by atoms with Gasteiger partial charge in [-0.25, -0.2) is 0 Å². The van der Waals surface area contributed by atoms with Crippen molar-refractivity contribution in [3.63, 3.8) is 0 Å². The molecule has 1 aromatic heterocycles. The topological polar surface area (TPSA) is 6.48 Å². The summed E-state index contributed by atoms with van der Waals surface area (Å²) in [5, 5.41) is 2.78. The maximum absolute atomic E-state index is 2.65. The molecule has 0 bridgehead atoms. The van der Waals surface area contributed by atoms with Gasteiger partial charge in [0.05, 0.1) is 5.00 Å². The molecule has 0 saturated carbocycles. The van der Waals surface area contributed by atoms with E-state index < -0.39 is 0 Å². The zero-order chi connectivity index (χ0) is 41.6. The van der Waals surface area contributed by atoms with Crippen molar-refractivity contribution >= 4 is 78.0 Å². The fourth-order valence-electron chi connectivity index (χ4n) is 10.2. The maximum atomic E-state index is 2.65. The molecule has 2 nitrogen and oxygen atoms in total. The first-order valence-electron chi connectivity index (χ1n) is 21.7. The van der Waals surface area contributed by atoms with Crippen LogP contribution in [0.15, 0.2) is 84.9 Å². The predicted molar refractivity (Wildman–Crippen MR) is 257 cm³/mol. The van der Waals surface area contributed by atoms with Crippen LogP contribution in [0.25, 0.3) is 10.1 Å². The lowest BCUT2D eigenvalue weighted by Crippen LogP contribution is -2.61. The number of anilines is 6. The van der Waals surface area contributed by atoms with E-state index in [4.69, 9.17) is 0 Å². The van der Waals surface area contributed by atoms with Gasteiger partial charge in [-0.1, -0.05) is 126 Å². The lowest BCUT2D eigenvalue weighted by atomic mass is 9.33. The second-order valence-electron chi connectivity index (χ2n) is 22.4. The molecule has 3 aliphatic rings. The van der Waals surface area contributed by atoms with Crippen molar-refractivity contribution in [3.05, 3.63) is 124 Å².